The van der Waals surface area contributed by atoms with E-state index in [0.717, 1.165) is 31.2 Å². The molecular formula is C16H24N4O2. The van der Waals surface area contributed by atoms with E-state index in [1.807, 2.05) is 24.2 Å². The number of hydrogen-bond donors (Lipinski definition) is 0. The summed E-state index contributed by atoms with van der Waals surface area (Å²) in [6.45, 7) is 7.67. The first kappa shape index (κ1) is 15.4. The molecule has 1 amide bonds. The third kappa shape index (κ3) is 3.13. The SMILES string of the molecule is CC(C)c1nccc(CN2C[C@@H]3COC[C@H](C2)N(C)C3=O)n1. The largest absolute Gasteiger partial charge is 0.378 e. The van der Waals surface area contributed by atoms with E-state index in [1.54, 1.807) is 0 Å². The fraction of sp³-hybridized carbons (Fsp3) is 0.688. The number of nitrogens with zero attached hydrogens (tertiary/aromatic N) is 4. The lowest BCUT2D eigenvalue weighted by atomic mass is 10.1. The fourth-order valence-corrected chi connectivity index (χ4v) is 3.12. The molecule has 0 aliphatic carbocycles. The molecule has 2 bridgehead atoms. The molecule has 120 valence electrons. The first-order valence-corrected chi connectivity index (χ1v) is 7.93. The van der Waals surface area contributed by atoms with Gasteiger partial charge in [-0.05, 0) is 6.07 Å². The average molecular weight is 304 g/mol. The Hall–Kier alpha value is -1.53. The van der Waals surface area contributed by atoms with Gasteiger partial charge < -0.3 is 9.64 Å². The lowest BCUT2D eigenvalue weighted by Gasteiger charge is -2.29. The van der Waals surface area contributed by atoms with Gasteiger partial charge in [0.25, 0.3) is 0 Å². The number of fused-ring (bicyclic) bond motifs is 3. The van der Waals surface area contributed by atoms with Crippen molar-refractivity contribution in [3.63, 3.8) is 0 Å². The Morgan fingerprint density at radius 2 is 2.18 bits per heavy atom. The van der Waals surface area contributed by atoms with E-state index >= 15 is 0 Å². The summed E-state index contributed by atoms with van der Waals surface area (Å²) in [6.07, 6.45) is 1.83. The maximum absolute atomic E-state index is 12.4. The number of hydrogen-bond acceptors (Lipinski definition) is 5. The Kier molecular flexibility index (Phi) is 4.40. The molecular weight excluding hydrogens is 280 g/mol. The minimum atomic E-state index is -0.0658. The van der Waals surface area contributed by atoms with Gasteiger partial charge in [0.05, 0.1) is 30.9 Å². The number of rotatable bonds is 3. The van der Waals surface area contributed by atoms with Crippen molar-refractivity contribution in [3.05, 3.63) is 23.8 Å². The van der Waals surface area contributed by atoms with Gasteiger partial charge in [-0.15, -0.1) is 0 Å². The lowest BCUT2D eigenvalue weighted by molar-refractivity contribution is -0.133. The van der Waals surface area contributed by atoms with Gasteiger partial charge in [-0.1, -0.05) is 13.8 Å². The normalized spacial score (nSPS) is 26.4. The number of ether oxygens (including phenoxy) is 1. The van der Waals surface area contributed by atoms with Crippen LogP contribution in [0.5, 0.6) is 0 Å². The van der Waals surface area contributed by atoms with Gasteiger partial charge in [-0.25, -0.2) is 9.97 Å². The standard InChI is InChI=1S/C16H24N4O2/c1-11(2)15-17-5-4-13(18-15)7-20-6-12-9-22-10-14(8-20)19(3)16(12)21/h4-5,11-12,14H,6-10H2,1-3H3/t12-,14+/m1/s1. The molecule has 6 heteroatoms. The molecule has 2 saturated heterocycles. The first-order chi connectivity index (χ1) is 10.5. The van der Waals surface area contributed by atoms with Gasteiger partial charge in [-0.2, -0.15) is 0 Å². The maximum Gasteiger partial charge on any atom is 0.229 e. The predicted octanol–water partition coefficient (Wildman–Crippen LogP) is 0.889. The van der Waals surface area contributed by atoms with Crippen molar-refractivity contribution in [3.8, 4) is 0 Å². The molecule has 1 aromatic heterocycles. The second-order valence-electron chi connectivity index (χ2n) is 6.59. The van der Waals surface area contributed by atoms with E-state index in [9.17, 15) is 4.79 Å². The molecule has 0 saturated carbocycles. The van der Waals surface area contributed by atoms with Crippen molar-refractivity contribution in [2.75, 3.05) is 33.4 Å². The zero-order valence-electron chi connectivity index (χ0n) is 13.5. The lowest BCUT2D eigenvalue weighted by Crippen LogP contribution is -2.43. The minimum absolute atomic E-state index is 0.0658. The smallest absolute Gasteiger partial charge is 0.229 e. The molecule has 3 rings (SSSR count). The first-order valence-electron chi connectivity index (χ1n) is 7.93. The van der Waals surface area contributed by atoms with Crippen molar-refractivity contribution >= 4 is 5.91 Å². The highest BCUT2D eigenvalue weighted by Gasteiger charge is 2.37. The van der Waals surface area contributed by atoms with Gasteiger partial charge in [0.2, 0.25) is 5.91 Å². The molecule has 1 aromatic rings. The molecule has 6 nitrogen and oxygen atoms in total. The zero-order chi connectivity index (χ0) is 15.7. The number of carbonyl (C=O) groups is 1. The minimum Gasteiger partial charge on any atom is -0.378 e. The van der Waals surface area contributed by atoms with Gasteiger partial charge >= 0.3 is 0 Å². The fourth-order valence-electron chi connectivity index (χ4n) is 3.12. The molecule has 0 unspecified atom stereocenters. The van der Waals surface area contributed by atoms with Crippen LogP contribution in [0.1, 0.15) is 31.3 Å². The van der Waals surface area contributed by atoms with Gasteiger partial charge in [0.1, 0.15) is 5.82 Å². The van der Waals surface area contributed by atoms with Crippen LogP contribution in [0.25, 0.3) is 0 Å². The van der Waals surface area contributed by atoms with Gasteiger partial charge in [0.15, 0.2) is 0 Å². The van der Waals surface area contributed by atoms with Crippen LogP contribution in [0.2, 0.25) is 0 Å². The van der Waals surface area contributed by atoms with Crippen LogP contribution < -0.4 is 0 Å². The molecule has 2 aliphatic rings. The summed E-state index contributed by atoms with van der Waals surface area (Å²) in [6, 6.07) is 2.10. The number of amides is 1. The monoisotopic (exact) mass is 304 g/mol. The Labute approximate surface area is 131 Å². The zero-order valence-corrected chi connectivity index (χ0v) is 13.5. The maximum atomic E-state index is 12.4. The molecule has 0 radical (unpaired) electrons. The second kappa shape index (κ2) is 6.30. The third-order valence-corrected chi connectivity index (χ3v) is 4.46. The van der Waals surface area contributed by atoms with Crippen LogP contribution in [-0.2, 0) is 16.1 Å². The van der Waals surface area contributed by atoms with Crippen LogP contribution in [0.3, 0.4) is 0 Å². The van der Waals surface area contributed by atoms with Crippen molar-refractivity contribution in [2.45, 2.75) is 32.4 Å². The molecule has 0 spiro atoms. The van der Waals surface area contributed by atoms with Crippen molar-refractivity contribution in [1.82, 2.24) is 19.8 Å². The molecule has 0 N–H and O–H groups in total. The highest BCUT2D eigenvalue weighted by Crippen LogP contribution is 2.21. The quantitative estimate of drug-likeness (QED) is 0.830. The van der Waals surface area contributed by atoms with Crippen molar-refractivity contribution in [2.24, 2.45) is 5.92 Å². The van der Waals surface area contributed by atoms with E-state index in [-0.39, 0.29) is 17.9 Å². The topological polar surface area (TPSA) is 58.6 Å². The van der Waals surface area contributed by atoms with Crippen LogP contribution >= 0.6 is 0 Å². The summed E-state index contributed by atoms with van der Waals surface area (Å²) in [5.74, 6) is 1.34. The highest BCUT2D eigenvalue weighted by molar-refractivity contribution is 5.79. The third-order valence-electron chi connectivity index (χ3n) is 4.46. The van der Waals surface area contributed by atoms with E-state index in [2.05, 4.69) is 28.7 Å². The van der Waals surface area contributed by atoms with Crippen molar-refractivity contribution < 1.29 is 9.53 Å². The van der Waals surface area contributed by atoms with Gasteiger partial charge in [-0.3, -0.25) is 9.69 Å². The Morgan fingerprint density at radius 1 is 1.36 bits per heavy atom. The summed E-state index contributed by atoms with van der Waals surface area (Å²) < 4.78 is 5.64. The van der Waals surface area contributed by atoms with Crippen LogP contribution in [0, 0.1) is 5.92 Å². The van der Waals surface area contributed by atoms with E-state index in [1.165, 1.54) is 0 Å². The van der Waals surface area contributed by atoms with E-state index in [0.29, 0.717) is 19.1 Å². The molecule has 2 atom stereocenters. The summed E-state index contributed by atoms with van der Waals surface area (Å²) in [5, 5.41) is 0. The number of likely N-dealkylation sites (N-methyl/N-ethyl adjacent to an activating group) is 1. The Morgan fingerprint density at radius 3 is 2.95 bits per heavy atom. The molecule has 0 aromatic carbocycles. The molecule has 22 heavy (non-hydrogen) atoms. The van der Waals surface area contributed by atoms with Crippen LogP contribution in [-0.4, -0.2) is 65.1 Å². The summed E-state index contributed by atoms with van der Waals surface area (Å²) in [5.41, 5.74) is 1.02. The number of aromatic nitrogens is 2. The number of carbonyl (C=O) groups excluding carboxylic acids is 1. The average Bonchev–Trinajstić information content (AvgIpc) is 2.66. The molecule has 2 fully saturated rings. The van der Waals surface area contributed by atoms with E-state index in [4.69, 9.17) is 4.74 Å². The summed E-state index contributed by atoms with van der Waals surface area (Å²) in [7, 11) is 1.89. The Balaban J connectivity index is 1.76. The molecule has 2 aliphatic heterocycles. The van der Waals surface area contributed by atoms with Crippen molar-refractivity contribution in [1.29, 1.82) is 0 Å². The molecule has 3 heterocycles. The summed E-state index contributed by atoms with van der Waals surface area (Å²) in [4.78, 5) is 25.5. The second-order valence-corrected chi connectivity index (χ2v) is 6.59. The van der Waals surface area contributed by atoms with Crippen LogP contribution in [0.4, 0.5) is 0 Å². The summed E-state index contributed by atoms with van der Waals surface area (Å²) >= 11 is 0. The van der Waals surface area contributed by atoms with E-state index < -0.39 is 0 Å². The van der Waals surface area contributed by atoms with Gasteiger partial charge in [0, 0.05) is 38.8 Å². The van der Waals surface area contributed by atoms with Crippen LogP contribution in [0.15, 0.2) is 12.3 Å². The highest BCUT2D eigenvalue weighted by atomic mass is 16.5. The Bertz CT molecular complexity index is 549. The predicted molar refractivity (Wildman–Crippen MR) is 82.3 cm³/mol.